The highest BCUT2D eigenvalue weighted by Gasteiger charge is 2.66. The summed E-state index contributed by atoms with van der Waals surface area (Å²) < 4.78 is 0.509. The molecule has 0 aromatic rings. The minimum atomic E-state index is -0.0318. The fraction of sp³-hybridized carbons (Fsp3) is 1.00. The van der Waals surface area contributed by atoms with E-state index in [9.17, 15) is 5.11 Å². The van der Waals surface area contributed by atoms with Gasteiger partial charge in [0.15, 0.2) is 0 Å². The van der Waals surface area contributed by atoms with E-state index in [1.165, 1.54) is 25.8 Å². The Bertz CT molecular complexity index is 336. The van der Waals surface area contributed by atoms with Gasteiger partial charge in [0.1, 0.15) is 0 Å². The highest BCUT2D eigenvalue weighted by Crippen LogP contribution is 2.62. The number of hydrogen-bond donors (Lipinski definition) is 1. The molecule has 3 heterocycles. The first-order valence-electron chi connectivity index (χ1n) is 6.72. The van der Waals surface area contributed by atoms with Crippen molar-refractivity contribution in [3.63, 3.8) is 0 Å². The topological polar surface area (TPSA) is 23.5 Å². The summed E-state index contributed by atoms with van der Waals surface area (Å²) in [5, 5.41) is 10.4. The maximum absolute atomic E-state index is 10.4. The minimum Gasteiger partial charge on any atom is -0.391 e. The Kier molecular flexibility index (Phi) is 2.08. The Balaban J connectivity index is 1.83. The van der Waals surface area contributed by atoms with Crippen LogP contribution in [0.2, 0.25) is 0 Å². The molecule has 3 saturated heterocycles. The van der Waals surface area contributed by atoms with E-state index in [0.29, 0.717) is 9.46 Å². The second-order valence-corrected chi connectivity index (χ2v) is 8.69. The van der Waals surface area contributed by atoms with Gasteiger partial charge in [-0.2, -0.15) is 0 Å². The normalized spacial score (nSPS) is 67.3. The van der Waals surface area contributed by atoms with E-state index in [4.69, 9.17) is 0 Å². The third-order valence-electron chi connectivity index (χ3n) is 5.69. The fourth-order valence-electron chi connectivity index (χ4n) is 5.29. The van der Waals surface area contributed by atoms with Crippen LogP contribution in [-0.4, -0.2) is 38.2 Å². The minimum absolute atomic E-state index is 0.0318. The van der Waals surface area contributed by atoms with Crippen LogP contribution < -0.4 is 0 Å². The molecule has 3 heteroatoms. The standard InChI is InChI=1S/C13H20INO/c1-7-2-9-12-10(16)4-8-5-13(9,14)11(3-7)15(12)6-8/h7-12,16H,2-6H2,1H3/t7?,8-,9?,10?,11+,12?,13-/m0/s1. The van der Waals surface area contributed by atoms with E-state index < -0.39 is 0 Å². The molecule has 3 aliphatic heterocycles. The zero-order valence-electron chi connectivity index (χ0n) is 9.77. The summed E-state index contributed by atoms with van der Waals surface area (Å²) in [5.74, 6) is 2.41. The molecule has 0 spiro atoms. The molecule has 0 aromatic heterocycles. The molecule has 1 N–H and O–H groups in total. The van der Waals surface area contributed by atoms with Gasteiger partial charge in [0, 0.05) is 22.1 Å². The van der Waals surface area contributed by atoms with E-state index >= 15 is 0 Å². The van der Waals surface area contributed by atoms with Crippen LogP contribution in [0.15, 0.2) is 0 Å². The maximum Gasteiger partial charge on any atom is 0.0701 e. The number of aliphatic hydroxyl groups excluding tert-OH is 1. The Morgan fingerprint density at radius 2 is 2.12 bits per heavy atom. The number of hydrogen-bond acceptors (Lipinski definition) is 2. The number of piperidine rings is 2. The van der Waals surface area contributed by atoms with Crippen molar-refractivity contribution in [1.29, 1.82) is 0 Å². The predicted molar refractivity (Wildman–Crippen MR) is 71.7 cm³/mol. The van der Waals surface area contributed by atoms with Gasteiger partial charge in [-0.15, -0.1) is 0 Å². The maximum atomic E-state index is 10.4. The molecule has 5 unspecified atom stereocenters. The molecule has 4 aliphatic rings. The summed E-state index contributed by atoms with van der Waals surface area (Å²) in [6.45, 7) is 3.68. The molecule has 16 heavy (non-hydrogen) atoms. The van der Waals surface area contributed by atoms with Gasteiger partial charge >= 0.3 is 0 Å². The van der Waals surface area contributed by atoms with Gasteiger partial charge in [-0.25, -0.2) is 0 Å². The van der Waals surface area contributed by atoms with Crippen LogP contribution in [0.1, 0.15) is 32.6 Å². The quantitative estimate of drug-likeness (QED) is 0.542. The highest BCUT2D eigenvalue weighted by atomic mass is 127. The van der Waals surface area contributed by atoms with Gasteiger partial charge in [-0.3, -0.25) is 4.90 Å². The van der Waals surface area contributed by atoms with Crippen molar-refractivity contribution >= 4 is 22.6 Å². The van der Waals surface area contributed by atoms with Crippen molar-refractivity contribution in [2.45, 2.75) is 54.2 Å². The van der Waals surface area contributed by atoms with Gasteiger partial charge in [0.05, 0.1) is 6.10 Å². The van der Waals surface area contributed by atoms with Crippen molar-refractivity contribution in [2.24, 2.45) is 17.8 Å². The van der Waals surface area contributed by atoms with Gasteiger partial charge in [0.25, 0.3) is 0 Å². The number of halogens is 1. The molecule has 4 rings (SSSR count). The van der Waals surface area contributed by atoms with E-state index in [2.05, 4.69) is 34.4 Å². The summed E-state index contributed by atoms with van der Waals surface area (Å²) in [4.78, 5) is 2.70. The first-order valence-corrected chi connectivity index (χ1v) is 7.80. The van der Waals surface area contributed by atoms with Crippen molar-refractivity contribution in [1.82, 2.24) is 4.90 Å². The third-order valence-corrected chi connectivity index (χ3v) is 7.65. The van der Waals surface area contributed by atoms with Crippen LogP contribution in [0.4, 0.5) is 0 Å². The van der Waals surface area contributed by atoms with Crippen LogP contribution in [0.5, 0.6) is 0 Å². The lowest BCUT2D eigenvalue weighted by molar-refractivity contribution is -0.0242. The average Bonchev–Trinajstić information content (AvgIpc) is 2.37. The molecule has 0 amide bonds. The summed E-state index contributed by atoms with van der Waals surface area (Å²) >= 11 is 2.77. The van der Waals surface area contributed by atoms with Gasteiger partial charge in [-0.05, 0) is 43.4 Å². The highest BCUT2D eigenvalue weighted by molar-refractivity contribution is 14.1. The fourth-order valence-corrected chi connectivity index (χ4v) is 7.15. The number of nitrogens with zero attached hydrogens (tertiary/aromatic N) is 1. The summed E-state index contributed by atoms with van der Waals surface area (Å²) in [6.07, 6.45) is 5.14. The number of aliphatic hydroxyl groups is 1. The lowest BCUT2D eigenvalue weighted by Crippen LogP contribution is -2.56. The van der Waals surface area contributed by atoms with E-state index in [1.807, 2.05) is 0 Å². The zero-order valence-corrected chi connectivity index (χ0v) is 11.9. The molecule has 90 valence electrons. The van der Waals surface area contributed by atoms with Crippen LogP contribution in [0.25, 0.3) is 0 Å². The Hall–Kier alpha value is 0.650. The monoisotopic (exact) mass is 333 g/mol. The van der Waals surface area contributed by atoms with Crippen LogP contribution in [0, 0.1) is 17.8 Å². The second kappa shape index (κ2) is 3.15. The largest absolute Gasteiger partial charge is 0.391 e. The van der Waals surface area contributed by atoms with Gasteiger partial charge in [0.2, 0.25) is 0 Å². The van der Waals surface area contributed by atoms with Crippen LogP contribution in [-0.2, 0) is 0 Å². The Labute approximate surface area is 111 Å². The van der Waals surface area contributed by atoms with Gasteiger partial charge in [-0.1, -0.05) is 29.5 Å². The van der Waals surface area contributed by atoms with Crippen LogP contribution >= 0.6 is 22.6 Å². The molecule has 1 aliphatic carbocycles. The van der Waals surface area contributed by atoms with Crippen LogP contribution in [0.3, 0.4) is 0 Å². The predicted octanol–water partition coefficient (Wildman–Crippen LogP) is 2.04. The molecular formula is C13H20INO. The number of fused-ring (bicyclic) bond motifs is 2. The number of alkyl halides is 1. The summed E-state index contributed by atoms with van der Waals surface area (Å²) in [6, 6.07) is 1.28. The lowest BCUT2D eigenvalue weighted by Gasteiger charge is -2.49. The molecule has 5 bridgehead atoms. The molecule has 0 radical (unpaired) electrons. The van der Waals surface area contributed by atoms with Gasteiger partial charge < -0.3 is 5.11 Å². The Morgan fingerprint density at radius 3 is 2.94 bits per heavy atom. The third kappa shape index (κ3) is 1.11. The first kappa shape index (κ1) is 10.6. The van der Waals surface area contributed by atoms with Crippen molar-refractivity contribution in [3.05, 3.63) is 0 Å². The number of rotatable bonds is 0. The van der Waals surface area contributed by atoms with E-state index in [1.54, 1.807) is 0 Å². The Morgan fingerprint density at radius 1 is 1.31 bits per heavy atom. The van der Waals surface area contributed by atoms with Crippen molar-refractivity contribution in [2.75, 3.05) is 6.54 Å². The average molecular weight is 333 g/mol. The van der Waals surface area contributed by atoms with E-state index in [0.717, 1.165) is 30.2 Å². The molecule has 4 fully saturated rings. The molecule has 2 nitrogen and oxygen atoms in total. The SMILES string of the molecule is CC1CC2C3C(O)C[C@@H]4CN3[C@H](C1)[C@]2(I)C4. The molecule has 8 atom stereocenters. The zero-order chi connectivity index (χ0) is 11.1. The molecular weight excluding hydrogens is 313 g/mol. The molecule has 1 saturated carbocycles. The van der Waals surface area contributed by atoms with E-state index in [-0.39, 0.29) is 6.10 Å². The first-order chi connectivity index (χ1) is 7.59. The smallest absolute Gasteiger partial charge is 0.0701 e. The molecule has 0 aromatic carbocycles. The summed E-state index contributed by atoms with van der Waals surface area (Å²) in [7, 11) is 0. The lowest BCUT2D eigenvalue weighted by atomic mass is 9.70. The van der Waals surface area contributed by atoms with Crippen molar-refractivity contribution < 1.29 is 5.11 Å². The van der Waals surface area contributed by atoms with Crippen molar-refractivity contribution in [3.8, 4) is 0 Å². The second-order valence-electron chi connectivity index (χ2n) is 6.69. The summed E-state index contributed by atoms with van der Waals surface area (Å²) in [5.41, 5.74) is 0.